The maximum absolute atomic E-state index is 12.1. The molecule has 0 aliphatic carbocycles. The lowest BCUT2D eigenvalue weighted by molar-refractivity contribution is -0.385. The molecule has 1 amide bonds. The van der Waals surface area contributed by atoms with E-state index >= 15 is 0 Å². The second-order valence-corrected chi connectivity index (χ2v) is 5.44. The molecule has 1 aromatic carbocycles. The molecule has 0 bridgehead atoms. The Kier molecular flexibility index (Phi) is 4.42. The molecule has 1 aliphatic rings. The highest BCUT2D eigenvalue weighted by atomic mass is 16.6. The van der Waals surface area contributed by atoms with Crippen molar-refractivity contribution >= 4 is 11.6 Å². The molecule has 0 unspecified atom stereocenters. The average Bonchev–Trinajstić information content (AvgIpc) is 2.43. The zero-order valence-electron chi connectivity index (χ0n) is 12.1. The predicted octanol–water partition coefficient (Wildman–Crippen LogP) is 1.61. The van der Waals surface area contributed by atoms with E-state index in [4.69, 9.17) is 9.47 Å². The SMILES string of the molecule is CC1(C)CN(C(=O)COc2ccccc2[N+](=O)[O-])CCO1. The standard InChI is InChI=1S/C14H18N2O5/c1-14(2)10-15(7-8-21-14)13(17)9-20-12-6-4-3-5-11(12)16(18)19/h3-6H,7-10H2,1-2H3. The molecule has 21 heavy (non-hydrogen) atoms. The van der Waals surface area contributed by atoms with Crippen LogP contribution in [0.2, 0.25) is 0 Å². The number of amides is 1. The summed E-state index contributed by atoms with van der Waals surface area (Å²) in [5.74, 6) is -0.104. The lowest BCUT2D eigenvalue weighted by Crippen LogP contribution is -2.51. The molecule has 0 N–H and O–H groups in total. The van der Waals surface area contributed by atoms with E-state index in [1.54, 1.807) is 17.0 Å². The maximum atomic E-state index is 12.1. The smallest absolute Gasteiger partial charge is 0.310 e. The van der Waals surface area contributed by atoms with E-state index in [-0.39, 0.29) is 29.6 Å². The fourth-order valence-electron chi connectivity index (χ4n) is 2.19. The summed E-state index contributed by atoms with van der Waals surface area (Å²) in [4.78, 5) is 24.1. The molecular formula is C14H18N2O5. The van der Waals surface area contributed by atoms with E-state index < -0.39 is 4.92 Å². The molecule has 0 aromatic heterocycles. The van der Waals surface area contributed by atoms with Gasteiger partial charge in [0.1, 0.15) is 0 Å². The van der Waals surface area contributed by atoms with Gasteiger partial charge in [0.15, 0.2) is 12.4 Å². The number of carbonyl (C=O) groups excluding carboxylic acids is 1. The van der Waals surface area contributed by atoms with Crippen LogP contribution in [0.1, 0.15) is 13.8 Å². The number of hydrogen-bond acceptors (Lipinski definition) is 5. The Morgan fingerprint density at radius 1 is 1.48 bits per heavy atom. The fourth-order valence-corrected chi connectivity index (χ4v) is 2.19. The van der Waals surface area contributed by atoms with Crippen molar-refractivity contribution in [1.29, 1.82) is 0 Å². The molecule has 7 nitrogen and oxygen atoms in total. The first-order chi connectivity index (χ1) is 9.89. The van der Waals surface area contributed by atoms with Gasteiger partial charge in [-0.2, -0.15) is 0 Å². The van der Waals surface area contributed by atoms with Crippen LogP contribution < -0.4 is 4.74 Å². The first-order valence-electron chi connectivity index (χ1n) is 6.67. The number of morpholine rings is 1. The van der Waals surface area contributed by atoms with Crippen molar-refractivity contribution in [3.05, 3.63) is 34.4 Å². The van der Waals surface area contributed by atoms with Crippen molar-refractivity contribution in [2.75, 3.05) is 26.3 Å². The van der Waals surface area contributed by atoms with Gasteiger partial charge in [-0.15, -0.1) is 0 Å². The number of rotatable bonds is 4. The van der Waals surface area contributed by atoms with Crippen molar-refractivity contribution in [2.24, 2.45) is 0 Å². The van der Waals surface area contributed by atoms with E-state index in [1.807, 2.05) is 13.8 Å². The first kappa shape index (κ1) is 15.2. The van der Waals surface area contributed by atoms with Gasteiger partial charge in [0.25, 0.3) is 5.91 Å². The quantitative estimate of drug-likeness (QED) is 0.622. The molecule has 2 rings (SSSR count). The maximum Gasteiger partial charge on any atom is 0.310 e. The van der Waals surface area contributed by atoms with Crippen molar-refractivity contribution in [3.8, 4) is 5.75 Å². The molecule has 1 heterocycles. The van der Waals surface area contributed by atoms with Crippen LogP contribution in [0.3, 0.4) is 0 Å². The molecule has 114 valence electrons. The fraction of sp³-hybridized carbons (Fsp3) is 0.500. The average molecular weight is 294 g/mol. The summed E-state index contributed by atoms with van der Waals surface area (Å²) in [6.07, 6.45) is 0. The van der Waals surface area contributed by atoms with Gasteiger partial charge in [-0.1, -0.05) is 12.1 Å². The molecule has 7 heteroatoms. The number of nitro groups is 1. The Bertz CT molecular complexity index is 544. The zero-order chi connectivity index (χ0) is 15.5. The summed E-state index contributed by atoms with van der Waals surface area (Å²) in [6.45, 7) is 5.06. The van der Waals surface area contributed by atoms with Gasteiger partial charge in [0, 0.05) is 19.2 Å². The largest absolute Gasteiger partial charge is 0.477 e. The molecule has 1 fully saturated rings. The van der Waals surface area contributed by atoms with E-state index in [9.17, 15) is 14.9 Å². The Morgan fingerprint density at radius 2 is 2.19 bits per heavy atom. The molecular weight excluding hydrogens is 276 g/mol. The van der Waals surface area contributed by atoms with Crippen molar-refractivity contribution in [2.45, 2.75) is 19.4 Å². The van der Waals surface area contributed by atoms with E-state index in [0.29, 0.717) is 19.7 Å². The number of carbonyl (C=O) groups is 1. The monoisotopic (exact) mass is 294 g/mol. The van der Waals surface area contributed by atoms with Crippen LogP contribution in [-0.2, 0) is 9.53 Å². The minimum Gasteiger partial charge on any atom is -0.477 e. The molecule has 0 atom stereocenters. The molecule has 1 saturated heterocycles. The lowest BCUT2D eigenvalue weighted by Gasteiger charge is -2.38. The Balaban J connectivity index is 1.97. The van der Waals surface area contributed by atoms with Gasteiger partial charge in [-0.25, -0.2) is 0 Å². The van der Waals surface area contributed by atoms with Gasteiger partial charge >= 0.3 is 5.69 Å². The minimum atomic E-state index is -0.530. The summed E-state index contributed by atoms with van der Waals surface area (Å²) in [5.41, 5.74) is -0.528. The van der Waals surface area contributed by atoms with Crippen LogP contribution in [0.5, 0.6) is 5.75 Å². The van der Waals surface area contributed by atoms with Crippen molar-refractivity contribution in [3.63, 3.8) is 0 Å². The number of hydrogen-bond donors (Lipinski definition) is 0. The van der Waals surface area contributed by atoms with Crippen LogP contribution in [-0.4, -0.2) is 47.6 Å². The molecule has 1 aromatic rings. The van der Waals surface area contributed by atoms with Gasteiger partial charge in [0.05, 0.1) is 17.1 Å². The van der Waals surface area contributed by atoms with E-state index in [2.05, 4.69) is 0 Å². The predicted molar refractivity (Wildman–Crippen MR) is 75.2 cm³/mol. The second-order valence-electron chi connectivity index (χ2n) is 5.44. The van der Waals surface area contributed by atoms with Crippen molar-refractivity contribution < 1.29 is 19.2 Å². The van der Waals surface area contributed by atoms with Crippen LogP contribution in [0.25, 0.3) is 0 Å². The number of nitrogens with zero attached hydrogens (tertiary/aromatic N) is 2. The summed E-state index contributed by atoms with van der Waals surface area (Å²) < 4.78 is 10.8. The van der Waals surface area contributed by atoms with Gasteiger partial charge in [-0.05, 0) is 19.9 Å². The number of benzene rings is 1. The topological polar surface area (TPSA) is 81.9 Å². The summed E-state index contributed by atoms with van der Waals surface area (Å²) in [7, 11) is 0. The van der Waals surface area contributed by atoms with Crippen molar-refractivity contribution in [1.82, 2.24) is 4.90 Å². The van der Waals surface area contributed by atoms with E-state index in [1.165, 1.54) is 12.1 Å². The van der Waals surface area contributed by atoms with Crippen LogP contribution in [0, 0.1) is 10.1 Å². The molecule has 0 saturated carbocycles. The zero-order valence-corrected chi connectivity index (χ0v) is 12.1. The van der Waals surface area contributed by atoms with Gasteiger partial charge in [-0.3, -0.25) is 14.9 Å². The lowest BCUT2D eigenvalue weighted by atomic mass is 10.1. The Labute approximate surface area is 122 Å². The molecule has 1 aliphatic heterocycles. The highest BCUT2D eigenvalue weighted by Gasteiger charge is 2.30. The minimum absolute atomic E-state index is 0.100. The third-order valence-electron chi connectivity index (χ3n) is 3.19. The Hall–Kier alpha value is -2.15. The third kappa shape index (κ3) is 3.91. The number of ether oxygens (including phenoxy) is 2. The third-order valence-corrected chi connectivity index (χ3v) is 3.19. The molecule has 0 spiro atoms. The second kappa shape index (κ2) is 6.09. The van der Waals surface area contributed by atoms with Gasteiger partial charge in [0.2, 0.25) is 0 Å². The first-order valence-corrected chi connectivity index (χ1v) is 6.67. The normalized spacial score (nSPS) is 17.3. The molecule has 0 radical (unpaired) electrons. The summed E-state index contributed by atoms with van der Waals surface area (Å²) >= 11 is 0. The van der Waals surface area contributed by atoms with Gasteiger partial charge < -0.3 is 14.4 Å². The van der Waals surface area contributed by atoms with Crippen LogP contribution in [0.4, 0.5) is 5.69 Å². The summed E-state index contributed by atoms with van der Waals surface area (Å²) in [6, 6.07) is 6.01. The van der Waals surface area contributed by atoms with Crippen LogP contribution >= 0.6 is 0 Å². The highest BCUT2D eigenvalue weighted by molar-refractivity contribution is 5.78. The number of nitro benzene ring substituents is 1. The number of para-hydroxylation sites is 2. The Morgan fingerprint density at radius 3 is 2.86 bits per heavy atom. The summed E-state index contributed by atoms with van der Waals surface area (Å²) in [5, 5.41) is 10.9. The van der Waals surface area contributed by atoms with E-state index in [0.717, 1.165) is 0 Å². The van der Waals surface area contributed by atoms with Crippen LogP contribution in [0.15, 0.2) is 24.3 Å². The highest BCUT2D eigenvalue weighted by Crippen LogP contribution is 2.26.